The third kappa shape index (κ3) is 7.18. The number of rotatable bonds is 9. The summed E-state index contributed by atoms with van der Waals surface area (Å²) in [6.45, 7) is 0.143. The van der Waals surface area contributed by atoms with Crippen molar-refractivity contribution >= 4 is 29.8 Å². The molecule has 0 saturated carbocycles. The number of benzene rings is 1. The molecule has 0 N–H and O–H groups in total. The number of aryl methyl sites for hydroxylation is 1. The molecule has 0 fully saturated rings. The van der Waals surface area contributed by atoms with Crippen LogP contribution in [0.25, 0.3) is 6.08 Å². The fourth-order valence-electron chi connectivity index (χ4n) is 2.61. The Labute approximate surface area is 183 Å². The molecular formula is C18H17ClF3NO9. The minimum Gasteiger partial charge on any atom is -0.475 e. The van der Waals surface area contributed by atoms with Gasteiger partial charge in [-0.3, -0.25) is 0 Å². The number of hydrogen-bond donors (Lipinski definition) is 0. The summed E-state index contributed by atoms with van der Waals surface area (Å²) < 4.78 is 59.0. The average molecular weight is 484 g/mol. The fourth-order valence-corrected chi connectivity index (χ4v) is 2.89. The first-order chi connectivity index (χ1) is 15.0. The largest absolute Gasteiger partial charge is 0.511 e. The van der Waals surface area contributed by atoms with E-state index < -0.39 is 41.9 Å². The molecule has 0 aromatic heterocycles. The lowest BCUT2D eigenvalue weighted by Crippen LogP contribution is -2.41. The quantitative estimate of drug-likeness (QED) is 0.168. The van der Waals surface area contributed by atoms with Crippen LogP contribution in [0.4, 0.5) is 18.0 Å². The van der Waals surface area contributed by atoms with Gasteiger partial charge in [-0.25, -0.2) is 9.59 Å². The number of carbonyl (C=O) groups is 2. The number of fused-ring (bicyclic) bond motifs is 1. The minimum absolute atomic E-state index is 0.0725. The second-order valence-corrected chi connectivity index (χ2v) is 6.77. The van der Waals surface area contributed by atoms with Crippen molar-refractivity contribution in [3.8, 4) is 5.75 Å². The maximum atomic E-state index is 13.4. The van der Waals surface area contributed by atoms with Crippen molar-refractivity contribution in [1.82, 2.24) is 0 Å². The molecule has 1 heterocycles. The smallest absolute Gasteiger partial charge is 0.475 e. The van der Waals surface area contributed by atoms with E-state index in [0.29, 0.717) is 5.56 Å². The number of carbonyl (C=O) groups excluding carboxylic acids is 2. The van der Waals surface area contributed by atoms with Gasteiger partial charge in [-0.1, -0.05) is 11.6 Å². The van der Waals surface area contributed by atoms with Crippen LogP contribution in [0, 0.1) is 17.0 Å². The molecule has 0 aliphatic carbocycles. The van der Waals surface area contributed by atoms with E-state index >= 15 is 0 Å². The zero-order valence-corrected chi connectivity index (χ0v) is 17.2. The highest BCUT2D eigenvalue weighted by Gasteiger charge is 2.49. The van der Waals surface area contributed by atoms with Crippen LogP contribution in [0.3, 0.4) is 0 Å². The molecule has 0 saturated heterocycles. The van der Waals surface area contributed by atoms with Gasteiger partial charge >= 0.3 is 18.3 Å². The Hall–Kier alpha value is -3.22. The lowest BCUT2D eigenvalue weighted by molar-refractivity contribution is -0.757. The fraction of sp³-hybridized carbons (Fsp3) is 0.444. The molecule has 0 radical (unpaired) electrons. The van der Waals surface area contributed by atoms with E-state index in [9.17, 15) is 32.9 Å². The zero-order valence-electron chi connectivity index (χ0n) is 16.5. The first kappa shape index (κ1) is 25.0. The maximum absolute atomic E-state index is 13.4. The summed E-state index contributed by atoms with van der Waals surface area (Å²) >= 11 is 5.91. The van der Waals surface area contributed by atoms with Crippen LogP contribution >= 0.6 is 11.6 Å². The van der Waals surface area contributed by atoms with Crippen molar-refractivity contribution in [2.45, 2.75) is 32.0 Å². The van der Waals surface area contributed by atoms with E-state index in [2.05, 4.69) is 19.0 Å². The number of alkyl halides is 3. The van der Waals surface area contributed by atoms with Crippen LogP contribution in [0.2, 0.25) is 5.02 Å². The molecule has 0 spiro atoms. The zero-order chi connectivity index (χ0) is 23.9. The molecule has 0 bridgehead atoms. The Bertz CT molecular complexity index is 904. The van der Waals surface area contributed by atoms with Gasteiger partial charge in [0.1, 0.15) is 5.75 Å². The van der Waals surface area contributed by atoms with Gasteiger partial charge in [0, 0.05) is 10.6 Å². The van der Waals surface area contributed by atoms with Gasteiger partial charge in [0.2, 0.25) is 12.9 Å². The highest BCUT2D eigenvalue weighted by atomic mass is 35.5. The topological polar surface area (TPSA) is 123 Å². The molecule has 1 aromatic carbocycles. The molecule has 1 atom stereocenters. The number of unbranched alkanes of at least 4 members (excludes halogenated alkanes) is 1. The van der Waals surface area contributed by atoms with Crippen LogP contribution in [0.1, 0.15) is 24.0 Å². The summed E-state index contributed by atoms with van der Waals surface area (Å²) in [4.78, 5) is 37.6. The predicted molar refractivity (Wildman–Crippen MR) is 100 cm³/mol. The van der Waals surface area contributed by atoms with Gasteiger partial charge < -0.3 is 23.8 Å². The number of halogens is 4. The number of ether oxygens (including phenoxy) is 4. The lowest BCUT2D eigenvalue weighted by atomic mass is 9.99. The predicted octanol–water partition coefficient (Wildman–Crippen LogP) is 4.00. The van der Waals surface area contributed by atoms with Crippen LogP contribution in [-0.2, 0) is 23.8 Å². The van der Waals surface area contributed by atoms with Crippen molar-refractivity contribution < 1.29 is 51.6 Å². The highest BCUT2D eigenvalue weighted by molar-refractivity contribution is 6.30. The van der Waals surface area contributed by atoms with Gasteiger partial charge in [-0.15, -0.1) is 10.1 Å². The van der Waals surface area contributed by atoms with E-state index in [1.165, 1.54) is 19.1 Å². The van der Waals surface area contributed by atoms with E-state index in [4.69, 9.17) is 16.3 Å². The van der Waals surface area contributed by atoms with Crippen LogP contribution in [-0.4, -0.2) is 49.5 Å². The SMILES string of the molecule is Cc1cc(Cl)cc2c1O[C@H](C(F)(F)F)C(C(=O)OCOC(=O)OCCCCO[N+](=O)[O-])=C2. The molecule has 10 nitrogen and oxygen atoms in total. The lowest BCUT2D eigenvalue weighted by Gasteiger charge is -2.28. The van der Waals surface area contributed by atoms with E-state index in [1.807, 2.05) is 0 Å². The first-order valence-corrected chi connectivity index (χ1v) is 9.36. The number of esters is 1. The Morgan fingerprint density at radius 1 is 1.19 bits per heavy atom. The summed E-state index contributed by atoms with van der Waals surface area (Å²) in [5.41, 5.74) is -0.347. The normalized spacial score (nSPS) is 15.0. The summed E-state index contributed by atoms with van der Waals surface area (Å²) in [7, 11) is 0. The third-order valence-corrected chi connectivity index (χ3v) is 4.17. The van der Waals surface area contributed by atoms with Gasteiger partial charge in [0.15, 0.2) is 0 Å². The number of nitrogens with zero attached hydrogens (tertiary/aromatic N) is 1. The molecule has 1 aromatic rings. The van der Waals surface area contributed by atoms with Gasteiger partial charge in [0.05, 0.1) is 18.8 Å². The van der Waals surface area contributed by atoms with E-state index in [0.717, 1.165) is 6.08 Å². The molecule has 14 heteroatoms. The van der Waals surface area contributed by atoms with Crippen molar-refractivity contribution in [3.63, 3.8) is 0 Å². The van der Waals surface area contributed by atoms with E-state index in [-0.39, 0.29) is 42.4 Å². The molecule has 1 aliphatic rings. The van der Waals surface area contributed by atoms with E-state index in [1.54, 1.807) is 0 Å². The Kier molecular flexibility index (Phi) is 8.52. The van der Waals surface area contributed by atoms with Crippen LogP contribution in [0.15, 0.2) is 17.7 Å². The summed E-state index contributed by atoms with van der Waals surface area (Å²) in [5, 5.41) is 9.22. The van der Waals surface area contributed by atoms with Crippen molar-refractivity contribution in [2.75, 3.05) is 20.0 Å². The second-order valence-electron chi connectivity index (χ2n) is 6.34. The minimum atomic E-state index is -4.92. The summed E-state index contributed by atoms with van der Waals surface area (Å²) in [6.07, 6.45) is -7.36. The van der Waals surface area contributed by atoms with Gasteiger partial charge in [-0.05, 0) is 43.5 Å². The standard InChI is InChI=1S/C18H17ClF3NO9/c1-10-6-12(19)7-11-8-13(15(18(20,21)22)32-14(10)11)16(24)29-9-30-17(25)28-4-2-3-5-31-23(26)27/h6-8,15H,2-5,9H2,1H3/t15-/m0/s1. The monoisotopic (exact) mass is 483 g/mol. The summed E-state index contributed by atoms with van der Waals surface area (Å²) in [6, 6.07) is 2.74. The molecule has 176 valence electrons. The van der Waals surface area contributed by atoms with Gasteiger partial charge in [0.25, 0.3) is 5.09 Å². The van der Waals surface area contributed by atoms with Crippen LogP contribution in [0.5, 0.6) is 5.75 Å². The maximum Gasteiger partial charge on any atom is 0.511 e. The van der Waals surface area contributed by atoms with Crippen molar-refractivity contribution in [2.24, 2.45) is 0 Å². The second kappa shape index (κ2) is 10.9. The van der Waals surface area contributed by atoms with Crippen molar-refractivity contribution in [1.29, 1.82) is 0 Å². The highest BCUT2D eigenvalue weighted by Crippen LogP contribution is 2.40. The van der Waals surface area contributed by atoms with Crippen LogP contribution < -0.4 is 4.74 Å². The number of hydrogen-bond acceptors (Lipinski definition) is 9. The summed E-state index contributed by atoms with van der Waals surface area (Å²) in [5.74, 6) is -1.49. The Morgan fingerprint density at radius 3 is 2.53 bits per heavy atom. The Morgan fingerprint density at radius 2 is 1.88 bits per heavy atom. The van der Waals surface area contributed by atoms with Crippen molar-refractivity contribution in [3.05, 3.63) is 44.0 Å². The Balaban J connectivity index is 1.90. The van der Waals surface area contributed by atoms with Gasteiger partial charge in [-0.2, -0.15) is 13.2 Å². The molecular weight excluding hydrogens is 467 g/mol. The molecule has 32 heavy (non-hydrogen) atoms. The molecule has 0 unspecified atom stereocenters. The molecule has 2 rings (SSSR count). The average Bonchev–Trinajstić information content (AvgIpc) is 2.68. The molecule has 1 aliphatic heterocycles. The third-order valence-electron chi connectivity index (χ3n) is 3.95. The molecule has 0 amide bonds. The first-order valence-electron chi connectivity index (χ1n) is 8.98.